The van der Waals surface area contributed by atoms with Gasteiger partial charge in [-0.2, -0.15) is 0 Å². The van der Waals surface area contributed by atoms with Gasteiger partial charge in [-0.3, -0.25) is 4.79 Å². The number of hydrogen-bond donors (Lipinski definition) is 0. The fourth-order valence-corrected chi connectivity index (χ4v) is 5.85. The van der Waals surface area contributed by atoms with Crippen molar-refractivity contribution >= 4 is 29.1 Å². The summed E-state index contributed by atoms with van der Waals surface area (Å²) >= 11 is 12.4. The van der Waals surface area contributed by atoms with E-state index in [1.54, 1.807) is 0 Å². The van der Waals surface area contributed by atoms with Crippen LogP contribution < -0.4 is 0 Å². The van der Waals surface area contributed by atoms with Gasteiger partial charge in [-0.15, -0.1) is 0 Å². The molecule has 2 saturated heterocycles. The van der Waals surface area contributed by atoms with E-state index in [1.165, 1.54) is 45.2 Å². The number of benzene rings is 1. The quantitative estimate of drug-likeness (QED) is 0.616. The summed E-state index contributed by atoms with van der Waals surface area (Å²) in [4.78, 5) is 18.4. The van der Waals surface area contributed by atoms with Crippen LogP contribution in [0.15, 0.2) is 18.2 Å². The SMILES string of the molecule is O=C([C@@H](c1ccc(Cl)c(Cl)c1)C1CCCC1)N1CCC(N2CCCCC2)CC1. The lowest BCUT2D eigenvalue weighted by molar-refractivity contribution is -0.135. The maximum absolute atomic E-state index is 13.6. The van der Waals surface area contributed by atoms with Gasteiger partial charge in [0.1, 0.15) is 0 Å². The van der Waals surface area contributed by atoms with Crippen molar-refractivity contribution in [2.45, 2.75) is 69.7 Å². The number of carbonyl (C=O) groups excluding carboxylic acids is 1. The molecule has 0 radical (unpaired) electrons. The van der Waals surface area contributed by atoms with Crippen LogP contribution in [0.1, 0.15) is 69.3 Å². The fourth-order valence-electron chi connectivity index (χ4n) is 5.54. The van der Waals surface area contributed by atoms with Crippen molar-refractivity contribution in [1.82, 2.24) is 9.80 Å². The van der Waals surface area contributed by atoms with Crippen LogP contribution in [0.2, 0.25) is 10.0 Å². The molecule has 1 aromatic rings. The first-order chi connectivity index (χ1) is 13.6. The molecule has 2 aliphatic heterocycles. The minimum atomic E-state index is -0.0659. The number of rotatable bonds is 4. The van der Waals surface area contributed by atoms with Crippen LogP contribution in [-0.2, 0) is 4.79 Å². The third kappa shape index (κ3) is 4.52. The Hall–Kier alpha value is -0.770. The molecule has 1 amide bonds. The summed E-state index contributed by atoms with van der Waals surface area (Å²) in [5, 5.41) is 1.11. The molecule has 3 aliphatic rings. The number of nitrogens with zero attached hydrogens (tertiary/aromatic N) is 2. The van der Waals surface area contributed by atoms with Crippen molar-refractivity contribution in [2.75, 3.05) is 26.2 Å². The molecule has 1 atom stereocenters. The van der Waals surface area contributed by atoms with E-state index in [1.807, 2.05) is 18.2 Å². The zero-order valence-corrected chi connectivity index (χ0v) is 18.2. The van der Waals surface area contributed by atoms with Crippen molar-refractivity contribution in [3.05, 3.63) is 33.8 Å². The summed E-state index contributed by atoms with van der Waals surface area (Å²) < 4.78 is 0. The van der Waals surface area contributed by atoms with E-state index in [2.05, 4.69) is 9.80 Å². The highest BCUT2D eigenvalue weighted by Crippen LogP contribution is 2.40. The Morgan fingerprint density at radius 3 is 2.18 bits per heavy atom. The highest BCUT2D eigenvalue weighted by Gasteiger charge is 2.37. The van der Waals surface area contributed by atoms with Gasteiger partial charge in [0.15, 0.2) is 0 Å². The van der Waals surface area contributed by atoms with Gasteiger partial charge < -0.3 is 9.80 Å². The van der Waals surface area contributed by atoms with Gasteiger partial charge in [-0.1, -0.05) is 48.5 Å². The molecule has 3 fully saturated rings. The summed E-state index contributed by atoms with van der Waals surface area (Å²) in [5.41, 5.74) is 1.05. The van der Waals surface area contributed by atoms with Crippen molar-refractivity contribution in [1.29, 1.82) is 0 Å². The first kappa shape index (κ1) is 20.5. The van der Waals surface area contributed by atoms with Crippen LogP contribution >= 0.6 is 23.2 Å². The summed E-state index contributed by atoms with van der Waals surface area (Å²) in [5.74, 6) is 0.677. The van der Waals surface area contributed by atoms with Crippen LogP contribution in [0.3, 0.4) is 0 Å². The molecule has 1 aliphatic carbocycles. The van der Waals surface area contributed by atoms with Gasteiger partial charge in [0, 0.05) is 19.1 Å². The van der Waals surface area contributed by atoms with E-state index in [4.69, 9.17) is 23.2 Å². The Bertz CT molecular complexity index is 675. The molecule has 0 spiro atoms. The third-order valence-electron chi connectivity index (χ3n) is 7.12. The Labute approximate surface area is 179 Å². The highest BCUT2D eigenvalue weighted by atomic mass is 35.5. The maximum Gasteiger partial charge on any atom is 0.230 e. The molecule has 0 N–H and O–H groups in total. The van der Waals surface area contributed by atoms with Crippen LogP contribution in [-0.4, -0.2) is 47.9 Å². The predicted octanol–water partition coefficient (Wildman–Crippen LogP) is 5.74. The van der Waals surface area contributed by atoms with E-state index < -0.39 is 0 Å². The van der Waals surface area contributed by atoms with E-state index in [-0.39, 0.29) is 5.92 Å². The molecule has 1 aromatic carbocycles. The number of amides is 1. The molecule has 3 nitrogen and oxygen atoms in total. The first-order valence-electron chi connectivity index (χ1n) is 11.1. The van der Waals surface area contributed by atoms with Crippen LogP contribution in [0.5, 0.6) is 0 Å². The predicted molar refractivity (Wildman–Crippen MR) is 116 cm³/mol. The topological polar surface area (TPSA) is 23.6 Å². The number of halogens is 2. The second-order valence-corrected chi connectivity index (χ2v) is 9.66. The van der Waals surface area contributed by atoms with E-state index in [0.29, 0.717) is 27.9 Å². The highest BCUT2D eigenvalue weighted by molar-refractivity contribution is 6.42. The number of carbonyl (C=O) groups is 1. The lowest BCUT2D eigenvalue weighted by atomic mass is 9.83. The molecule has 0 unspecified atom stereocenters. The van der Waals surface area contributed by atoms with Crippen molar-refractivity contribution in [3.63, 3.8) is 0 Å². The summed E-state index contributed by atoms with van der Waals surface area (Å²) in [7, 11) is 0. The van der Waals surface area contributed by atoms with Crippen LogP contribution in [0.25, 0.3) is 0 Å². The Morgan fingerprint density at radius 1 is 0.857 bits per heavy atom. The molecule has 5 heteroatoms. The minimum Gasteiger partial charge on any atom is -0.342 e. The zero-order chi connectivity index (χ0) is 19.5. The molecular weight excluding hydrogens is 391 g/mol. The van der Waals surface area contributed by atoms with Gasteiger partial charge >= 0.3 is 0 Å². The number of hydrogen-bond acceptors (Lipinski definition) is 2. The standard InChI is InChI=1S/C23H32Cl2N2O/c24-20-9-8-18(16-21(20)25)22(17-6-2-3-7-17)23(28)27-14-10-19(11-15-27)26-12-4-1-5-13-26/h8-9,16-17,19,22H,1-7,10-15H2/t22-/m1/s1. The first-order valence-corrected chi connectivity index (χ1v) is 11.9. The van der Waals surface area contributed by atoms with Crippen LogP contribution in [0.4, 0.5) is 0 Å². The molecular formula is C23H32Cl2N2O. The Kier molecular flexibility index (Phi) is 6.85. The minimum absolute atomic E-state index is 0.0659. The summed E-state index contributed by atoms with van der Waals surface area (Å²) in [6.45, 7) is 4.27. The van der Waals surface area contributed by atoms with E-state index in [0.717, 1.165) is 44.3 Å². The van der Waals surface area contributed by atoms with Gasteiger partial charge in [0.05, 0.1) is 16.0 Å². The van der Waals surface area contributed by atoms with Gasteiger partial charge in [0.25, 0.3) is 0 Å². The van der Waals surface area contributed by atoms with Gasteiger partial charge in [-0.25, -0.2) is 0 Å². The Balaban J connectivity index is 1.46. The van der Waals surface area contributed by atoms with Gasteiger partial charge in [-0.05, 0) is 75.2 Å². The lowest BCUT2D eigenvalue weighted by Crippen LogP contribution is -2.49. The molecule has 154 valence electrons. The largest absolute Gasteiger partial charge is 0.342 e. The average Bonchev–Trinajstić information content (AvgIpc) is 3.26. The number of piperidine rings is 2. The average molecular weight is 423 g/mol. The normalized spacial score (nSPS) is 23.9. The van der Waals surface area contributed by atoms with Crippen LogP contribution in [0, 0.1) is 5.92 Å². The fraction of sp³-hybridized carbons (Fsp3) is 0.696. The molecule has 1 saturated carbocycles. The van der Waals surface area contributed by atoms with E-state index >= 15 is 0 Å². The third-order valence-corrected chi connectivity index (χ3v) is 7.86. The second-order valence-electron chi connectivity index (χ2n) is 8.85. The monoisotopic (exact) mass is 422 g/mol. The molecule has 0 aromatic heterocycles. The van der Waals surface area contributed by atoms with Crippen molar-refractivity contribution in [3.8, 4) is 0 Å². The van der Waals surface area contributed by atoms with Crippen molar-refractivity contribution < 1.29 is 4.79 Å². The smallest absolute Gasteiger partial charge is 0.230 e. The molecule has 0 bridgehead atoms. The molecule has 2 heterocycles. The second kappa shape index (κ2) is 9.36. The lowest BCUT2D eigenvalue weighted by Gasteiger charge is -2.41. The van der Waals surface area contributed by atoms with Gasteiger partial charge in [0.2, 0.25) is 5.91 Å². The molecule has 28 heavy (non-hydrogen) atoms. The summed E-state index contributed by atoms with van der Waals surface area (Å²) in [6, 6.07) is 6.44. The Morgan fingerprint density at radius 2 is 1.54 bits per heavy atom. The number of likely N-dealkylation sites (tertiary alicyclic amines) is 2. The zero-order valence-electron chi connectivity index (χ0n) is 16.7. The summed E-state index contributed by atoms with van der Waals surface area (Å²) in [6.07, 6.45) is 11.0. The van der Waals surface area contributed by atoms with Crippen molar-refractivity contribution in [2.24, 2.45) is 5.92 Å². The maximum atomic E-state index is 13.6. The molecule has 4 rings (SSSR count). The van der Waals surface area contributed by atoms with E-state index in [9.17, 15) is 4.79 Å².